The molecule has 7 nitrogen and oxygen atoms in total. The van der Waals surface area contributed by atoms with Gasteiger partial charge < -0.3 is 5.32 Å². The number of sulfonamides is 1. The number of rotatable bonds is 4. The van der Waals surface area contributed by atoms with E-state index in [0.717, 1.165) is 17.3 Å². The van der Waals surface area contributed by atoms with Gasteiger partial charge in [0, 0.05) is 6.54 Å². The third kappa shape index (κ3) is 3.39. The van der Waals surface area contributed by atoms with Crippen molar-refractivity contribution in [2.45, 2.75) is 30.7 Å². The van der Waals surface area contributed by atoms with Crippen LogP contribution in [0.15, 0.2) is 41.3 Å². The number of carbonyl (C=O) groups excluding carboxylic acids is 1. The summed E-state index contributed by atoms with van der Waals surface area (Å²) in [6, 6.07) is 9.34. The molecule has 1 saturated heterocycles. The highest BCUT2D eigenvalue weighted by Gasteiger charge is 2.40. The number of fused-ring (bicyclic) bond motifs is 1. The Hall–Kier alpha value is -2.07. The normalized spacial score (nSPS) is 17.9. The minimum Gasteiger partial charge on any atom is -0.323 e. The molecular weight excluding hydrogens is 420 g/mol. The first-order valence-electron chi connectivity index (χ1n) is 8.68. The van der Waals surface area contributed by atoms with Gasteiger partial charge >= 0.3 is 0 Å². The summed E-state index contributed by atoms with van der Waals surface area (Å²) >= 11 is 7.16. The number of hydrogen-bond donors (Lipinski definition) is 1. The number of aromatic nitrogens is 2. The number of carbonyl (C=O) groups is 1. The highest BCUT2D eigenvalue weighted by molar-refractivity contribution is 7.89. The summed E-state index contributed by atoms with van der Waals surface area (Å²) in [6.45, 7) is 2.17. The standard InChI is InChI=1S/C18H17ClN4O3S2/c1-11-7-8-13(12(19)10-11)20-18(24)15-5-3-9-23(15)28(25,26)16-6-2-4-14-17(16)22-27-21-14/h2,4,6-8,10,15H,3,5,9H2,1H3,(H,20,24)/t15-/m1/s1. The minimum absolute atomic E-state index is 0.0758. The van der Waals surface area contributed by atoms with Gasteiger partial charge in [-0.05, 0) is 49.6 Å². The predicted octanol–water partition coefficient (Wildman–Crippen LogP) is 3.44. The molecule has 1 fully saturated rings. The number of halogens is 1. The van der Waals surface area contributed by atoms with Gasteiger partial charge in [0.1, 0.15) is 22.0 Å². The largest absolute Gasteiger partial charge is 0.323 e. The Kier molecular flexibility index (Phi) is 5.09. The van der Waals surface area contributed by atoms with E-state index in [1.807, 2.05) is 13.0 Å². The van der Waals surface area contributed by atoms with Crippen molar-refractivity contribution in [3.05, 3.63) is 47.0 Å². The van der Waals surface area contributed by atoms with Crippen LogP contribution >= 0.6 is 23.3 Å². The van der Waals surface area contributed by atoms with Crippen molar-refractivity contribution in [3.63, 3.8) is 0 Å². The quantitative estimate of drug-likeness (QED) is 0.676. The number of benzene rings is 2. The Morgan fingerprint density at radius 3 is 2.89 bits per heavy atom. The SMILES string of the molecule is Cc1ccc(NC(=O)[C@H]2CCCN2S(=O)(=O)c2cccc3nsnc23)c(Cl)c1. The summed E-state index contributed by atoms with van der Waals surface area (Å²) in [5, 5.41) is 3.18. The number of anilines is 1. The van der Waals surface area contributed by atoms with E-state index in [0.29, 0.717) is 34.6 Å². The number of nitrogens with zero attached hydrogens (tertiary/aromatic N) is 3. The van der Waals surface area contributed by atoms with E-state index in [4.69, 9.17) is 11.6 Å². The van der Waals surface area contributed by atoms with Crippen LogP contribution in [0.3, 0.4) is 0 Å². The first-order valence-corrected chi connectivity index (χ1v) is 11.2. The maximum absolute atomic E-state index is 13.3. The second kappa shape index (κ2) is 7.40. The Morgan fingerprint density at radius 2 is 2.11 bits per heavy atom. The number of nitrogens with one attached hydrogen (secondary N) is 1. The molecule has 0 unspecified atom stereocenters. The van der Waals surface area contributed by atoms with Gasteiger partial charge in [0.25, 0.3) is 0 Å². The average Bonchev–Trinajstić information content (AvgIpc) is 3.32. The van der Waals surface area contributed by atoms with Gasteiger partial charge in [0.2, 0.25) is 15.9 Å². The van der Waals surface area contributed by atoms with Crippen LogP contribution in [0.2, 0.25) is 5.02 Å². The Labute approximate surface area is 171 Å². The average molecular weight is 437 g/mol. The van der Waals surface area contributed by atoms with Crippen LogP contribution < -0.4 is 5.32 Å². The lowest BCUT2D eigenvalue weighted by Crippen LogP contribution is -2.43. The first kappa shape index (κ1) is 19.3. The van der Waals surface area contributed by atoms with Crippen LogP contribution in [0.25, 0.3) is 11.0 Å². The highest BCUT2D eigenvalue weighted by Crippen LogP contribution is 2.31. The smallest absolute Gasteiger partial charge is 0.246 e. The van der Waals surface area contributed by atoms with Crippen LogP contribution in [0, 0.1) is 6.92 Å². The van der Waals surface area contributed by atoms with E-state index < -0.39 is 22.0 Å². The summed E-state index contributed by atoms with van der Waals surface area (Å²) < 4.78 is 36.0. The van der Waals surface area contributed by atoms with E-state index >= 15 is 0 Å². The van der Waals surface area contributed by atoms with Gasteiger partial charge in [-0.15, -0.1) is 0 Å². The molecule has 1 aliphatic heterocycles. The second-order valence-electron chi connectivity index (χ2n) is 6.63. The molecule has 10 heteroatoms. The molecule has 0 saturated carbocycles. The molecule has 0 radical (unpaired) electrons. The van der Waals surface area contributed by atoms with Gasteiger partial charge in [0.15, 0.2) is 0 Å². The molecule has 3 aromatic rings. The molecule has 2 aromatic carbocycles. The van der Waals surface area contributed by atoms with E-state index in [9.17, 15) is 13.2 Å². The fourth-order valence-corrected chi connectivity index (χ4v) is 6.04. The molecule has 1 N–H and O–H groups in total. The molecule has 0 aliphatic carbocycles. The van der Waals surface area contributed by atoms with Crippen LogP contribution in [0.5, 0.6) is 0 Å². The zero-order chi connectivity index (χ0) is 19.9. The summed E-state index contributed by atoms with van der Waals surface area (Å²) in [4.78, 5) is 12.9. The maximum Gasteiger partial charge on any atom is 0.246 e. The van der Waals surface area contributed by atoms with E-state index in [1.165, 1.54) is 10.4 Å². The maximum atomic E-state index is 13.3. The molecule has 28 heavy (non-hydrogen) atoms. The molecule has 4 rings (SSSR count). The monoisotopic (exact) mass is 436 g/mol. The second-order valence-corrected chi connectivity index (χ2v) is 9.43. The Morgan fingerprint density at radius 1 is 1.29 bits per heavy atom. The molecular formula is C18H17ClN4O3S2. The van der Waals surface area contributed by atoms with Crippen molar-refractivity contribution in [3.8, 4) is 0 Å². The molecule has 1 amide bonds. The number of aryl methyl sites for hydroxylation is 1. The third-order valence-corrected chi connectivity index (χ3v) is 7.52. The number of hydrogen-bond acceptors (Lipinski definition) is 6. The van der Waals surface area contributed by atoms with Gasteiger partial charge in [-0.3, -0.25) is 4.79 Å². The van der Waals surface area contributed by atoms with E-state index in [1.54, 1.807) is 24.3 Å². The van der Waals surface area contributed by atoms with Crippen molar-refractivity contribution in [2.75, 3.05) is 11.9 Å². The van der Waals surface area contributed by atoms with Crippen molar-refractivity contribution < 1.29 is 13.2 Å². The van der Waals surface area contributed by atoms with Gasteiger partial charge in [0.05, 0.1) is 22.4 Å². The van der Waals surface area contributed by atoms with Crippen molar-refractivity contribution >= 4 is 56.0 Å². The Balaban J connectivity index is 1.64. The third-order valence-electron chi connectivity index (χ3n) is 4.72. The molecule has 146 valence electrons. The lowest BCUT2D eigenvalue weighted by molar-refractivity contribution is -0.119. The van der Waals surface area contributed by atoms with Crippen molar-refractivity contribution in [1.29, 1.82) is 0 Å². The van der Waals surface area contributed by atoms with Gasteiger partial charge in [-0.2, -0.15) is 13.1 Å². The summed E-state index contributed by atoms with van der Waals surface area (Å²) in [7, 11) is -3.89. The molecule has 1 atom stereocenters. The zero-order valence-corrected chi connectivity index (χ0v) is 17.3. The lowest BCUT2D eigenvalue weighted by Gasteiger charge is -2.23. The van der Waals surface area contributed by atoms with Crippen LogP contribution in [0.1, 0.15) is 18.4 Å². The summed E-state index contributed by atoms with van der Waals surface area (Å²) in [5.41, 5.74) is 2.29. The van der Waals surface area contributed by atoms with E-state index in [-0.39, 0.29) is 11.4 Å². The van der Waals surface area contributed by atoms with Crippen LogP contribution in [-0.2, 0) is 14.8 Å². The zero-order valence-electron chi connectivity index (χ0n) is 14.9. The molecule has 0 spiro atoms. The van der Waals surface area contributed by atoms with E-state index in [2.05, 4.69) is 14.1 Å². The number of amides is 1. The Bertz CT molecular complexity index is 1160. The first-order chi connectivity index (χ1) is 13.4. The molecule has 1 aromatic heterocycles. The summed E-state index contributed by atoms with van der Waals surface area (Å²) in [5.74, 6) is -0.393. The summed E-state index contributed by atoms with van der Waals surface area (Å²) in [6.07, 6.45) is 1.05. The topological polar surface area (TPSA) is 92.3 Å². The highest BCUT2D eigenvalue weighted by atomic mass is 35.5. The molecule has 0 bridgehead atoms. The van der Waals surface area contributed by atoms with Crippen molar-refractivity contribution in [2.24, 2.45) is 0 Å². The molecule has 1 aliphatic rings. The minimum atomic E-state index is -3.89. The fourth-order valence-electron chi connectivity index (χ4n) is 3.34. The molecule has 2 heterocycles. The fraction of sp³-hybridized carbons (Fsp3) is 0.278. The van der Waals surface area contributed by atoms with Crippen LogP contribution in [0.4, 0.5) is 5.69 Å². The van der Waals surface area contributed by atoms with Crippen molar-refractivity contribution in [1.82, 2.24) is 13.1 Å². The van der Waals surface area contributed by atoms with Crippen LogP contribution in [-0.4, -0.2) is 40.0 Å². The predicted molar refractivity (Wildman–Crippen MR) is 109 cm³/mol. The van der Waals surface area contributed by atoms with Gasteiger partial charge in [-0.1, -0.05) is 23.7 Å². The van der Waals surface area contributed by atoms with Gasteiger partial charge in [-0.25, -0.2) is 8.42 Å². The lowest BCUT2D eigenvalue weighted by atomic mass is 10.2.